The van der Waals surface area contributed by atoms with Crippen molar-refractivity contribution in [3.05, 3.63) is 46.3 Å². The molecule has 1 aromatic rings. The lowest BCUT2D eigenvalue weighted by atomic mass is 10.1. The van der Waals surface area contributed by atoms with Gasteiger partial charge in [0.05, 0.1) is 0 Å². The Morgan fingerprint density at radius 3 is 2.62 bits per heavy atom. The summed E-state index contributed by atoms with van der Waals surface area (Å²) in [4.78, 5) is 11.7. The number of hydrogen-bond donors (Lipinski definition) is 2. The van der Waals surface area contributed by atoms with Crippen molar-refractivity contribution in [2.45, 2.75) is 17.7 Å². The van der Waals surface area contributed by atoms with Crippen molar-refractivity contribution >= 4 is 18.6 Å². The predicted molar refractivity (Wildman–Crippen MR) is 63.3 cm³/mol. The molecule has 1 rings (SSSR count). The number of carboxylic acid groups (broad SMARTS) is 1. The second kappa shape index (κ2) is 5.44. The monoisotopic (exact) mass is 237 g/mol. The number of aryl methyl sites for hydroxylation is 1. The first-order chi connectivity index (χ1) is 7.58. The van der Waals surface area contributed by atoms with Crippen LogP contribution in [0.3, 0.4) is 0 Å². The Morgan fingerprint density at radius 2 is 2.12 bits per heavy atom. The highest BCUT2D eigenvalue weighted by atomic mass is 32.1. The second-order valence-electron chi connectivity index (χ2n) is 3.30. The fraction of sp³-hybridized carbons (Fsp3) is 0.300. The molecule has 5 nitrogen and oxygen atoms in total. The van der Waals surface area contributed by atoms with Crippen LogP contribution in [-0.4, -0.2) is 15.9 Å². The van der Waals surface area contributed by atoms with Gasteiger partial charge in [0.15, 0.2) is 4.87 Å². The molecule has 1 unspecified atom stereocenters. The molecule has 6 heteroatoms. The number of hydrogen-bond acceptors (Lipinski definition) is 3. The second-order valence-corrected chi connectivity index (χ2v) is 4.04. The van der Waals surface area contributed by atoms with Crippen LogP contribution in [0.4, 0.5) is 0 Å². The number of azide groups is 1. The van der Waals surface area contributed by atoms with Crippen molar-refractivity contribution < 1.29 is 9.90 Å². The van der Waals surface area contributed by atoms with E-state index in [0.29, 0.717) is 6.42 Å². The molecule has 0 saturated carbocycles. The van der Waals surface area contributed by atoms with Gasteiger partial charge in [-0.25, -0.2) is 0 Å². The molecule has 0 spiro atoms. The van der Waals surface area contributed by atoms with Crippen LogP contribution in [0.2, 0.25) is 0 Å². The van der Waals surface area contributed by atoms with Gasteiger partial charge in [0.1, 0.15) is 0 Å². The van der Waals surface area contributed by atoms with Gasteiger partial charge in [-0.1, -0.05) is 35.4 Å². The molecule has 0 heterocycles. The largest absolute Gasteiger partial charge is 0.480 e. The van der Waals surface area contributed by atoms with Crippen molar-refractivity contribution in [3.63, 3.8) is 0 Å². The highest BCUT2D eigenvalue weighted by molar-refractivity contribution is 7.82. The summed E-state index contributed by atoms with van der Waals surface area (Å²) < 4.78 is 0. The van der Waals surface area contributed by atoms with Crippen LogP contribution in [0.25, 0.3) is 10.4 Å². The molecule has 0 amide bonds. The van der Waals surface area contributed by atoms with E-state index in [2.05, 4.69) is 22.7 Å². The van der Waals surface area contributed by atoms with Crippen molar-refractivity contribution in [1.82, 2.24) is 0 Å². The Bertz CT molecular complexity index is 413. The van der Waals surface area contributed by atoms with Gasteiger partial charge in [-0.05, 0) is 23.9 Å². The molecule has 0 aromatic heterocycles. The summed E-state index contributed by atoms with van der Waals surface area (Å²) in [5.41, 5.74) is 9.28. The molecule has 84 valence electrons. The van der Waals surface area contributed by atoms with Crippen LogP contribution < -0.4 is 0 Å². The number of nitrogens with zero attached hydrogens (tertiary/aromatic N) is 3. The molecule has 0 aliphatic rings. The lowest BCUT2D eigenvalue weighted by Gasteiger charge is -2.16. The van der Waals surface area contributed by atoms with E-state index in [0.717, 1.165) is 5.56 Å². The van der Waals surface area contributed by atoms with Gasteiger partial charge in [-0.2, -0.15) is 12.6 Å². The van der Waals surface area contributed by atoms with Crippen molar-refractivity contribution in [3.8, 4) is 0 Å². The maximum atomic E-state index is 10.9. The van der Waals surface area contributed by atoms with E-state index in [9.17, 15) is 4.79 Å². The van der Waals surface area contributed by atoms with Crippen LogP contribution in [0.1, 0.15) is 12.0 Å². The SMILES string of the molecule is [N-]=[N+]=NC(S)(CCc1ccccc1)C(=O)O. The topological polar surface area (TPSA) is 86.1 Å². The average Bonchev–Trinajstić information content (AvgIpc) is 2.28. The maximum absolute atomic E-state index is 10.9. The molecule has 0 bridgehead atoms. The molecular formula is C10H11N3O2S. The van der Waals surface area contributed by atoms with Gasteiger partial charge in [0.25, 0.3) is 0 Å². The third-order valence-electron chi connectivity index (χ3n) is 2.16. The standard InChI is InChI=1S/C10H11N3O2S/c11-13-12-10(16,9(14)15)7-6-8-4-2-1-3-5-8/h1-5,16H,6-7H2,(H,14,15). The highest BCUT2D eigenvalue weighted by Gasteiger charge is 2.32. The van der Waals surface area contributed by atoms with Crippen LogP contribution >= 0.6 is 12.6 Å². The summed E-state index contributed by atoms with van der Waals surface area (Å²) in [5, 5.41) is 12.1. The zero-order chi connectivity index (χ0) is 12.0. The van der Waals surface area contributed by atoms with Crippen molar-refractivity contribution in [1.29, 1.82) is 0 Å². The van der Waals surface area contributed by atoms with Crippen molar-refractivity contribution in [2.75, 3.05) is 0 Å². The third-order valence-corrected chi connectivity index (χ3v) is 2.66. The maximum Gasteiger partial charge on any atom is 0.325 e. The minimum Gasteiger partial charge on any atom is -0.480 e. The first kappa shape index (κ1) is 12.4. The minimum absolute atomic E-state index is 0.152. The fourth-order valence-corrected chi connectivity index (χ4v) is 1.39. The Hall–Kier alpha value is -1.65. The summed E-state index contributed by atoms with van der Waals surface area (Å²) in [6, 6.07) is 9.37. The molecular weight excluding hydrogens is 226 g/mol. The smallest absolute Gasteiger partial charge is 0.325 e. The number of benzene rings is 1. The molecule has 16 heavy (non-hydrogen) atoms. The molecule has 1 N–H and O–H groups in total. The van der Waals surface area contributed by atoms with Gasteiger partial charge in [-0.3, -0.25) is 4.79 Å². The van der Waals surface area contributed by atoms with Crippen LogP contribution in [0, 0.1) is 0 Å². The van der Waals surface area contributed by atoms with E-state index in [1.54, 1.807) is 0 Å². The molecule has 1 atom stereocenters. The molecule has 0 radical (unpaired) electrons. The van der Waals surface area contributed by atoms with E-state index in [1.807, 2.05) is 30.3 Å². The Kier molecular flexibility index (Phi) is 4.22. The molecule has 1 aromatic carbocycles. The Labute approximate surface area is 98.1 Å². The quantitative estimate of drug-likeness (QED) is 0.357. The van der Waals surface area contributed by atoms with Crippen LogP contribution in [0.15, 0.2) is 35.4 Å². The predicted octanol–water partition coefficient (Wildman–Crippen LogP) is 2.64. The fourth-order valence-electron chi connectivity index (χ4n) is 1.24. The highest BCUT2D eigenvalue weighted by Crippen LogP contribution is 2.24. The average molecular weight is 237 g/mol. The summed E-state index contributed by atoms with van der Waals surface area (Å²) in [5.74, 6) is -1.23. The molecule has 0 aliphatic heterocycles. The summed E-state index contributed by atoms with van der Waals surface area (Å²) in [6.45, 7) is 0. The van der Waals surface area contributed by atoms with E-state index >= 15 is 0 Å². The summed E-state index contributed by atoms with van der Waals surface area (Å²) >= 11 is 3.90. The lowest BCUT2D eigenvalue weighted by Crippen LogP contribution is -2.30. The normalized spacial score (nSPS) is 13.6. The van der Waals surface area contributed by atoms with Gasteiger partial charge < -0.3 is 5.11 Å². The molecule has 0 fully saturated rings. The Morgan fingerprint density at radius 1 is 1.50 bits per heavy atom. The molecule has 0 saturated heterocycles. The number of carbonyl (C=O) groups is 1. The van der Waals surface area contributed by atoms with Gasteiger partial charge in [-0.15, -0.1) is 0 Å². The summed E-state index contributed by atoms with van der Waals surface area (Å²) in [7, 11) is 0. The van der Waals surface area contributed by atoms with E-state index in [-0.39, 0.29) is 6.42 Å². The van der Waals surface area contributed by atoms with E-state index in [1.165, 1.54) is 0 Å². The van der Waals surface area contributed by atoms with Gasteiger partial charge in [0, 0.05) is 4.91 Å². The first-order valence-electron chi connectivity index (χ1n) is 4.64. The number of carboxylic acids is 1. The summed E-state index contributed by atoms with van der Waals surface area (Å²) in [6.07, 6.45) is 0.648. The number of aliphatic carboxylic acids is 1. The third kappa shape index (κ3) is 3.18. The number of thiol groups is 1. The van der Waals surface area contributed by atoms with E-state index < -0.39 is 10.8 Å². The zero-order valence-corrected chi connectivity index (χ0v) is 9.34. The van der Waals surface area contributed by atoms with Crippen molar-refractivity contribution in [2.24, 2.45) is 5.11 Å². The molecule has 0 aliphatic carbocycles. The lowest BCUT2D eigenvalue weighted by molar-refractivity contribution is -0.139. The van der Waals surface area contributed by atoms with Gasteiger partial charge in [0.2, 0.25) is 0 Å². The van der Waals surface area contributed by atoms with Crippen LogP contribution in [-0.2, 0) is 11.2 Å². The first-order valence-corrected chi connectivity index (χ1v) is 5.09. The zero-order valence-electron chi connectivity index (χ0n) is 8.45. The van der Waals surface area contributed by atoms with E-state index in [4.69, 9.17) is 10.6 Å². The Balaban J connectivity index is 2.72. The number of rotatable bonds is 5. The van der Waals surface area contributed by atoms with Gasteiger partial charge >= 0.3 is 5.97 Å². The minimum atomic E-state index is -1.68. The van der Waals surface area contributed by atoms with Crippen LogP contribution in [0.5, 0.6) is 0 Å².